The summed E-state index contributed by atoms with van der Waals surface area (Å²) in [5, 5.41) is 3.61. The molecule has 0 radical (unpaired) electrons. The van der Waals surface area contributed by atoms with Gasteiger partial charge in [-0.2, -0.15) is 0 Å². The van der Waals surface area contributed by atoms with Crippen LogP contribution in [0.15, 0.2) is 9.42 Å². The topological polar surface area (TPSA) is 106 Å². The molecule has 114 valence electrons. The first-order chi connectivity index (χ1) is 9.21. The summed E-state index contributed by atoms with van der Waals surface area (Å²) in [4.78, 5) is 0.0662. The molecule has 20 heavy (non-hydrogen) atoms. The molecule has 2 heterocycles. The Morgan fingerprint density at radius 3 is 2.60 bits per heavy atom. The van der Waals surface area contributed by atoms with E-state index in [1.807, 2.05) is 0 Å². The minimum atomic E-state index is -3.65. The van der Waals surface area contributed by atoms with Crippen LogP contribution in [0.2, 0.25) is 0 Å². The lowest BCUT2D eigenvalue weighted by atomic mass is 10.1. The normalized spacial score (nSPS) is 22.2. The summed E-state index contributed by atoms with van der Waals surface area (Å²) in [6.45, 7) is 3.32. The van der Waals surface area contributed by atoms with Gasteiger partial charge >= 0.3 is 0 Å². The van der Waals surface area contributed by atoms with Gasteiger partial charge in [0, 0.05) is 6.54 Å². The summed E-state index contributed by atoms with van der Waals surface area (Å²) in [6.07, 6.45) is 1.12. The highest BCUT2D eigenvalue weighted by atomic mass is 32.2. The van der Waals surface area contributed by atoms with Crippen molar-refractivity contribution < 1.29 is 21.4 Å². The Kier molecular flexibility index (Phi) is 4.22. The molecular formula is C11H18N2O5S2. The molecule has 1 fully saturated rings. The van der Waals surface area contributed by atoms with Crippen LogP contribution in [0.4, 0.5) is 0 Å². The van der Waals surface area contributed by atoms with E-state index >= 15 is 0 Å². The third kappa shape index (κ3) is 3.39. The SMILES string of the molecule is Cc1noc(C)c1S(=O)(=O)NCCC1CCS(=O)(=O)C1. The molecule has 0 aromatic carbocycles. The Morgan fingerprint density at radius 2 is 2.10 bits per heavy atom. The number of sulfonamides is 1. The molecule has 1 unspecified atom stereocenters. The maximum atomic E-state index is 12.1. The van der Waals surface area contributed by atoms with Crippen molar-refractivity contribution in [3.63, 3.8) is 0 Å². The molecule has 0 amide bonds. The zero-order valence-corrected chi connectivity index (χ0v) is 13.1. The fourth-order valence-electron chi connectivity index (χ4n) is 2.43. The number of hydrogen-bond acceptors (Lipinski definition) is 6. The number of aryl methyl sites for hydroxylation is 2. The first kappa shape index (κ1) is 15.5. The molecule has 1 atom stereocenters. The first-order valence-corrected chi connectivity index (χ1v) is 9.65. The smallest absolute Gasteiger partial charge is 0.245 e. The van der Waals surface area contributed by atoms with Gasteiger partial charge in [-0.15, -0.1) is 0 Å². The second kappa shape index (κ2) is 5.45. The van der Waals surface area contributed by atoms with Gasteiger partial charge in [-0.1, -0.05) is 5.16 Å². The van der Waals surface area contributed by atoms with Gasteiger partial charge < -0.3 is 4.52 Å². The number of nitrogens with one attached hydrogen (secondary N) is 1. The molecule has 2 rings (SSSR count). The van der Waals surface area contributed by atoms with E-state index in [0.717, 1.165) is 0 Å². The summed E-state index contributed by atoms with van der Waals surface area (Å²) in [7, 11) is -6.57. The molecule has 0 bridgehead atoms. The van der Waals surface area contributed by atoms with E-state index in [1.165, 1.54) is 6.92 Å². The van der Waals surface area contributed by atoms with Crippen molar-refractivity contribution in [2.24, 2.45) is 5.92 Å². The lowest BCUT2D eigenvalue weighted by Crippen LogP contribution is -2.27. The van der Waals surface area contributed by atoms with Gasteiger partial charge in [0.1, 0.15) is 10.6 Å². The number of rotatable bonds is 5. The monoisotopic (exact) mass is 322 g/mol. The number of nitrogens with zero attached hydrogens (tertiary/aromatic N) is 1. The molecule has 0 saturated carbocycles. The van der Waals surface area contributed by atoms with Gasteiger partial charge in [-0.25, -0.2) is 21.6 Å². The standard InChI is InChI=1S/C11H18N2O5S2/c1-8-11(9(2)18-13-8)20(16,17)12-5-3-10-4-6-19(14,15)7-10/h10,12H,3-7H2,1-2H3. The summed E-state index contributed by atoms with van der Waals surface area (Å²) < 4.78 is 54.2. The van der Waals surface area contributed by atoms with Crippen LogP contribution in [0.25, 0.3) is 0 Å². The minimum Gasteiger partial charge on any atom is -0.360 e. The van der Waals surface area contributed by atoms with Crippen molar-refractivity contribution in [1.29, 1.82) is 0 Å². The lowest BCUT2D eigenvalue weighted by molar-refractivity contribution is 0.390. The van der Waals surface area contributed by atoms with E-state index in [-0.39, 0.29) is 34.6 Å². The third-order valence-corrected chi connectivity index (χ3v) is 6.95. The molecule has 0 spiro atoms. The van der Waals surface area contributed by atoms with Crippen LogP contribution >= 0.6 is 0 Å². The Labute approximate surface area is 118 Å². The zero-order chi connectivity index (χ0) is 15.0. The van der Waals surface area contributed by atoms with Crippen molar-refractivity contribution in [3.8, 4) is 0 Å². The van der Waals surface area contributed by atoms with Crippen LogP contribution in [-0.2, 0) is 19.9 Å². The Balaban J connectivity index is 1.94. The summed E-state index contributed by atoms with van der Waals surface area (Å²) in [5.41, 5.74) is 0.318. The molecule has 1 aromatic heterocycles. The fraction of sp³-hybridized carbons (Fsp3) is 0.727. The second-order valence-electron chi connectivity index (χ2n) is 5.11. The predicted octanol–water partition coefficient (Wildman–Crippen LogP) is 0.395. The van der Waals surface area contributed by atoms with Crippen molar-refractivity contribution in [2.75, 3.05) is 18.1 Å². The zero-order valence-electron chi connectivity index (χ0n) is 11.4. The highest BCUT2D eigenvalue weighted by molar-refractivity contribution is 7.91. The maximum absolute atomic E-state index is 12.1. The highest BCUT2D eigenvalue weighted by Crippen LogP contribution is 2.22. The van der Waals surface area contributed by atoms with Crippen molar-refractivity contribution in [2.45, 2.75) is 31.6 Å². The molecule has 1 aliphatic rings. The summed E-state index contributed by atoms with van der Waals surface area (Å²) in [5.74, 6) is 0.639. The van der Waals surface area contributed by atoms with Crippen LogP contribution in [0, 0.1) is 19.8 Å². The van der Waals surface area contributed by atoms with Crippen molar-refractivity contribution in [3.05, 3.63) is 11.5 Å². The highest BCUT2D eigenvalue weighted by Gasteiger charge is 2.28. The van der Waals surface area contributed by atoms with Gasteiger partial charge in [0.25, 0.3) is 0 Å². The molecule has 7 nitrogen and oxygen atoms in total. The Morgan fingerprint density at radius 1 is 1.40 bits per heavy atom. The van der Waals surface area contributed by atoms with Crippen molar-refractivity contribution >= 4 is 19.9 Å². The minimum absolute atomic E-state index is 0.0346. The van der Waals surface area contributed by atoms with Crippen LogP contribution in [0.5, 0.6) is 0 Å². The molecular weight excluding hydrogens is 304 g/mol. The van der Waals surface area contributed by atoms with E-state index in [1.54, 1.807) is 6.92 Å². The van der Waals surface area contributed by atoms with Gasteiger partial charge in [0.05, 0.1) is 11.5 Å². The second-order valence-corrected chi connectivity index (χ2v) is 9.04. The fourth-order valence-corrected chi connectivity index (χ4v) is 5.71. The van der Waals surface area contributed by atoms with E-state index in [4.69, 9.17) is 4.52 Å². The maximum Gasteiger partial charge on any atom is 0.245 e. The number of sulfone groups is 1. The third-order valence-electron chi connectivity index (χ3n) is 3.41. The van der Waals surface area contributed by atoms with Crippen LogP contribution in [0.3, 0.4) is 0 Å². The van der Waals surface area contributed by atoms with E-state index in [9.17, 15) is 16.8 Å². The predicted molar refractivity (Wildman–Crippen MR) is 72.5 cm³/mol. The molecule has 9 heteroatoms. The quantitative estimate of drug-likeness (QED) is 0.840. The average molecular weight is 322 g/mol. The molecule has 1 N–H and O–H groups in total. The largest absolute Gasteiger partial charge is 0.360 e. The molecule has 1 aromatic rings. The first-order valence-electron chi connectivity index (χ1n) is 6.34. The van der Waals surface area contributed by atoms with Crippen molar-refractivity contribution in [1.82, 2.24) is 9.88 Å². The lowest BCUT2D eigenvalue weighted by Gasteiger charge is -2.09. The molecule has 1 saturated heterocycles. The van der Waals surface area contributed by atoms with E-state index in [2.05, 4.69) is 9.88 Å². The number of hydrogen-bond donors (Lipinski definition) is 1. The van der Waals surface area contributed by atoms with Crippen LogP contribution < -0.4 is 4.72 Å². The summed E-state index contributed by atoms with van der Waals surface area (Å²) >= 11 is 0. The molecule has 1 aliphatic heterocycles. The summed E-state index contributed by atoms with van der Waals surface area (Å²) in [6, 6.07) is 0. The van der Waals surface area contributed by atoms with E-state index < -0.39 is 19.9 Å². The van der Waals surface area contributed by atoms with Gasteiger partial charge in [0.15, 0.2) is 15.6 Å². The van der Waals surface area contributed by atoms with Crippen LogP contribution in [0.1, 0.15) is 24.3 Å². The Bertz CT molecular complexity index is 671. The van der Waals surface area contributed by atoms with Crippen LogP contribution in [-0.4, -0.2) is 40.0 Å². The number of aromatic nitrogens is 1. The van der Waals surface area contributed by atoms with E-state index in [0.29, 0.717) is 18.5 Å². The molecule has 0 aliphatic carbocycles. The Hall–Kier alpha value is -0.930. The van der Waals surface area contributed by atoms with Gasteiger partial charge in [0.2, 0.25) is 10.0 Å². The average Bonchev–Trinajstić information content (AvgIpc) is 2.82. The van der Waals surface area contributed by atoms with Gasteiger partial charge in [-0.3, -0.25) is 0 Å². The van der Waals surface area contributed by atoms with Gasteiger partial charge in [-0.05, 0) is 32.6 Å².